The van der Waals surface area contributed by atoms with Crippen molar-refractivity contribution in [3.8, 4) is 0 Å². The summed E-state index contributed by atoms with van der Waals surface area (Å²) in [5, 5.41) is 13.9. The molecule has 1 atom stereocenters. The number of hydrogen-bond acceptors (Lipinski definition) is 4. The second-order valence-electron chi connectivity index (χ2n) is 4.00. The van der Waals surface area contributed by atoms with E-state index in [-0.39, 0.29) is 18.9 Å². The lowest BCUT2D eigenvalue weighted by Gasteiger charge is -2.14. The van der Waals surface area contributed by atoms with E-state index in [0.717, 1.165) is 6.42 Å². The van der Waals surface area contributed by atoms with Gasteiger partial charge in [-0.05, 0) is 26.2 Å². The zero-order chi connectivity index (χ0) is 14.7. The fourth-order valence-corrected chi connectivity index (χ4v) is 1.42. The molecule has 0 saturated carbocycles. The van der Waals surface area contributed by atoms with Crippen LogP contribution in [-0.4, -0.2) is 42.3 Å². The van der Waals surface area contributed by atoms with Gasteiger partial charge in [-0.3, -0.25) is 4.79 Å². The van der Waals surface area contributed by atoms with Gasteiger partial charge in [0.05, 0.1) is 6.61 Å². The second-order valence-corrected chi connectivity index (χ2v) is 4.00. The number of amides is 2. The topological polar surface area (TPSA) is 105 Å². The van der Waals surface area contributed by atoms with Gasteiger partial charge in [0.15, 0.2) is 0 Å². The third-order valence-corrected chi connectivity index (χ3v) is 2.33. The van der Waals surface area contributed by atoms with Crippen LogP contribution in [-0.2, 0) is 14.3 Å². The Bertz CT molecular complexity index is 306. The first kappa shape index (κ1) is 17.2. The maximum Gasteiger partial charge on any atom is 0.407 e. The smallest absolute Gasteiger partial charge is 0.407 e. The Labute approximate surface area is 112 Å². The first-order valence-electron chi connectivity index (χ1n) is 6.44. The van der Waals surface area contributed by atoms with Crippen molar-refractivity contribution in [3.63, 3.8) is 0 Å². The minimum absolute atomic E-state index is 0.0484. The number of alkyl carbamates (subject to hydrolysis) is 1. The highest BCUT2D eigenvalue weighted by molar-refractivity contribution is 5.79. The van der Waals surface area contributed by atoms with Gasteiger partial charge in [-0.1, -0.05) is 6.92 Å². The van der Waals surface area contributed by atoms with Gasteiger partial charge in [-0.25, -0.2) is 9.59 Å². The quantitative estimate of drug-likeness (QED) is 0.541. The normalized spacial score (nSPS) is 11.5. The van der Waals surface area contributed by atoms with Gasteiger partial charge in [-0.15, -0.1) is 0 Å². The van der Waals surface area contributed by atoms with Gasteiger partial charge in [-0.2, -0.15) is 0 Å². The molecule has 0 aromatic rings. The molecule has 0 aliphatic rings. The van der Waals surface area contributed by atoms with Crippen molar-refractivity contribution < 1.29 is 24.2 Å². The zero-order valence-corrected chi connectivity index (χ0v) is 11.4. The molecule has 0 aliphatic carbocycles. The molecule has 0 aliphatic heterocycles. The van der Waals surface area contributed by atoms with E-state index in [1.54, 1.807) is 6.92 Å². The van der Waals surface area contributed by atoms with Crippen molar-refractivity contribution in [2.24, 2.45) is 0 Å². The largest absolute Gasteiger partial charge is 0.480 e. The predicted molar refractivity (Wildman–Crippen MR) is 68.7 cm³/mol. The fourth-order valence-electron chi connectivity index (χ4n) is 1.42. The van der Waals surface area contributed by atoms with E-state index in [1.807, 2.05) is 6.92 Å². The van der Waals surface area contributed by atoms with Crippen LogP contribution in [0.5, 0.6) is 0 Å². The number of hydrogen-bond donors (Lipinski definition) is 3. The highest BCUT2D eigenvalue weighted by Gasteiger charge is 2.19. The number of carbonyl (C=O) groups excluding carboxylic acids is 2. The van der Waals surface area contributed by atoms with E-state index in [1.165, 1.54) is 0 Å². The fraction of sp³-hybridized carbons (Fsp3) is 0.750. The van der Waals surface area contributed by atoms with Crippen LogP contribution in [0.3, 0.4) is 0 Å². The van der Waals surface area contributed by atoms with Crippen LogP contribution < -0.4 is 10.6 Å². The maximum atomic E-state index is 11.2. The Morgan fingerprint density at radius 3 is 2.47 bits per heavy atom. The third-order valence-electron chi connectivity index (χ3n) is 2.33. The van der Waals surface area contributed by atoms with Gasteiger partial charge < -0.3 is 20.5 Å². The van der Waals surface area contributed by atoms with Crippen LogP contribution in [0.4, 0.5) is 4.79 Å². The molecule has 0 unspecified atom stereocenters. The van der Waals surface area contributed by atoms with Crippen molar-refractivity contribution >= 4 is 18.0 Å². The Morgan fingerprint density at radius 1 is 1.26 bits per heavy atom. The number of carboxylic acid groups (broad SMARTS) is 1. The average Bonchev–Trinajstić information content (AvgIpc) is 2.33. The molecule has 0 aromatic heterocycles. The Balaban J connectivity index is 3.92. The van der Waals surface area contributed by atoms with Crippen molar-refractivity contribution in [1.82, 2.24) is 10.6 Å². The number of nitrogens with one attached hydrogen (secondary N) is 2. The van der Waals surface area contributed by atoms with E-state index >= 15 is 0 Å². The Morgan fingerprint density at radius 2 is 1.95 bits per heavy atom. The lowest BCUT2D eigenvalue weighted by molar-refractivity contribution is -0.139. The molecule has 19 heavy (non-hydrogen) atoms. The third kappa shape index (κ3) is 8.87. The molecule has 0 fully saturated rings. The van der Waals surface area contributed by atoms with Crippen LogP contribution in [0.15, 0.2) is 0 Å². The Kier molecular flexibility index (Phi) is 9.20. The standard InChI is InChI=1S/C12H22N2O5/c1-3-6-10(15)13-8-5-7-9(11(16)17)14-12(18)19-4-2/h9H,3-8H2,1-2H3,(H,13,15)(H,14,18)(H,16,17)/t9-/m0/s1. The number of ether oxygens (including phenoxy) is 1. The maximum absolute atomic E-state index is 11.2. The van der Waals surface area contributed by atoms with Gasteiger partial charge >= 0.3 is 12.1 Å². The van der Waals surface area contributed by atoms with Gasteiger partial charge in [0.1, 0.15) is 6.04 Å². The molecule has 0 heterocycles. The summed E-state index contributed by atoms with van der Waals surface area (Å²) in [7, 11) is 0. The van der Waals surface area contributed by atoms with Crippen LogP contribution in [0.25, 0.3) is 0 Å². The summed E-state index contributed by atoms with van der Waals surface area (Å²) in [5.74, 6) is -1.17. The molecule has 2 amide bonds. The molecule has 7 heteroatoms. The van der Waals surface area contributed by atoms with E-state index in [0.29, 0.717) is 19.4 Å². The van der Waals surface area contributed by atoms with Crippen molar-refractivity contribution in [3.05, 3.63) is 0 Å². The van der Waals surface area contributed by atoms with E-state index < -0.39 is 18.1 Å². The average molecular weight is 274 g/mol. The minimum Gasteiger partial charge on any atom is -0.480 e. The first-order valence-corrected chi connectivity index (χ1v) is 6.44. The highest BCUT2D eigenvalue weighted by Crippen LogP contribution is 1.98. The molecule has 7 nitrogen and oxygen atoms in total. The number of aliphatic carboxylic acids is 1. The summed E-state index contributed by atoms with van der Waals surface area (Å²) in [6.45, 7) is 4.13. The van der Waals surface area contributed by atoms with Crippen molar-refractivity contribution in [1.29, 1.82) is 0 Å². The molecular weight excluding hydrogens is 252 g/mol. The summed E-state index contributed by atoms with van der Waals surface area (Å²) in [6.07, 6.45) is 1.20. The second kappa shape index (κ2) is 10.2. The molecule has 0 bridgehead atoms. The van der Waals surface area contributed by atoms with Crippen LogP contribution in [0.2, 0.25) is 0 Å². The minimum atomic E-state index is -1.12. The van der Waals surface area contributed by atoms with Gasteiger partial charge in [0, 0.05) is 13.0 Å². The van der Waals surface area contributed by atoms with E-state index in [2.05, 4.69) is 15.4 Å². The predicted octanol–water partition coefficient (Wildman–Crippen LogP) is 0.882. The summed E-state index contributed by atoms with van der Waals surface area (Å²) in [4.78, 5) is 33.2. The number of carbonyl (C=O) groups is 3. The van der Waals surface area contributed by atoms with Gasteiger partial charge in [0.25, 0.3) is 0 Å². The molecule has 0 rings (SSSR count). The molecular formula is C12H22N2O5. The molecule has 3 N–H and O–H groups in total. The summed E-state index contributed by atoms with van der Waals surface area (Å²) >= 11 is 0. The first-order chi connectivity index (χ1) is 9.01. The van der Waals surface area contributed by atoms with Crippen LogP contribution in [0, 0.1) is 0 Å². The van der Waals surface area contributed by atoms with Gasteiger partial charge in [0.2, 0.25) is 5.91 Å². The summed E-state index contributed by atoms with van der Waals surface area (Å²) in [6, 6.07) is -0.998. The van der Waals surface area contributed by atoms with Crippen LogP contribution >= 0.6 is 0 Å². The van der Waals surface area contributed by atoms with E-state index in [9.17, 15) is 14.4 Å². The zero-order valence-electron chi connectivity index (χ0n) is 11.4. The van der Waals surface area contributed by atoms with Crippen molar-refractivity contribution in [2.45, 2.75) is 45.6 Å². The summed E-state index contributed by atoms with van der Waals surface area (Å²) in [5.41, 5.74) is 0. The molecule has 0 radical (unpaired) electrons. The lowest BCUT2D eigenvalue weighted by Crippen LogP contribution is -2.41. The number of carboxylic acids is 1. The molecule has 0 aromatic carbocycles. The van der Waals surface area contributed by atoms with Crippen molar-refractivity contribution in [2.75, 3.05) is 13.2 Å². The molecule has 0 saturated heterocycles. The van der Waals surface area contributed by atoms with E-state index in [4.69, 9.17) is 5.11 Å². The number of rotatable bonds is 9. The highest BCUT2D eigenvalue weighted by atomic mass is 16.5. The summed E-state index contributed by atoms with van der Waals surface area (Å²) < 4.78 is 4.62. The Hall–Kier alpha value is -1.79. The molecule has 0 spiro atoms. The lowest BCUT2D eigenvalue weighted by atomic mass is 10.1. The van der Waals surface area contributed by atoms with Crippen LogP contribution in [0.1, 0.15) is 39.5 Å². The monoisotopic (exact) mass is 274 g/mol. The molecule has 110 valence electrons. The SMILES string of the molecule is CCCC(=O)NCCC[C@H](NC(=O)OCC)C(=O)O.